The van der Waals surface area contributed by atoms with Gasteiger partial charge in [0.05, 0.1) is 11.1 Å². The Kier molecular flexibility index (Phi) is 4.68. The smallest absolute Gasteiger partial charge is 0.197 e. The number of benzene rings is 2. The Balaban J connectivity index is 1.94. The van der Waals surface area contributed by atoms with Crippen LogP contribution in [0.5, 0.6) is 5.75 Å². The number of hydrogen-bond donors (Lipinski definition) is 2. The maximum Gasteiger partial charge on any atom is 0.197 e. The van der Waals surface area contributed by atoms with E-state index in [1.54, 1.807) is 24.3 Å². The Morgan fingerprint density at radius 3 is 2.74 bits per heavy atom. The minimum Gasteiger partial charge on any atom is -0.507 e. The first kappa shape index (κ1) is 18.0. The van der Waals surface area contributed by atoms with Crippen molar-refractivity contribution in [1.82, 2.24) is 4.90 Å². The summed E-state index contributed by atoms with van der Waals surface area (Å²) in [6.07, 6.45) is 0.156. The molecule has 2 heterocycles. The summed E-state index contributed by atoms with van der Waals surface area (Å²) in [5, 5.41) is 21.4. The topological polar surface area (TPSA) is 73.9 Å². The molecule has 0 radical (unpaired) electrons. The van der Waals surface area contributed by atoms with E-state index in [0.717, 1.165) is 18.5 Å². The Labute approximate surface area is 161 Å². The zero-order chi connectivity index (χ0) is 19.1. The molecule has 1 saturated heterocycles. The number of hydrogen-bond acceptors (Lipinski definition) is 5. The molecule has 2 aromatic carbocycles. The molecular formula is C21H20ClNO4. The van der Waals surface area contributed by atoms with Crippen molar-refractivity contribution in [3.8, 4) is 17.1 Å². The number of aliphatic hydroxyl groups excluding tert-OH is 1. The molecule has 1 aliphatic heterocycles. The molecule has 140 valence electrons. The van der Waals surface area contributed by atoms with Gasteiger partial charge in [-0.3, -0.25) is 4.79 Å². The highest BCUT2D eigenvalue weighted by molar-refractivity contribution is 6.33. The Morgan fingerprint density at radius 1 is 1.22 bits per heavy atom. The summed E-state index contributed by atoms with van der Waals surface area (Å²) in [6.45, 7) is 1.38. The van der Waals surface area contributed by atoms with E-state index in [1.807, 2.05) is 13.1 Å². The third kappa shape index (κ3) is 3.23. The predicted molar refractivity (Wildman–Crippen MR) is 105 cm³/mol. The molecular weight excluding hydrogens is 366 g/mol. The van der Waals surface area contributed by atoms with E-state index in [4.69, 9.17) is 16.0 Å². The number of fused-ring (bicyclic) bond motifs is 1. The van der Waals surface area contributed by atoms with E-state index in [-0.39, 0.29) is 22.5 Å². The van der Waals surface area contributed by atoms with Gasteiger partial charge in [-0.15, -0.1) is 0 Å². The van der Waals surface area contributed by atoms with Crippen molar-refractivity contribution in [1.29, 1.82) is 0 Å². The van der Waals surface area contributed by atoms with Gasteiger partial charge in [-0.2, -0.15) is 0 Å². The maximum absolute atomic E-state index is 12.7. The number of halogens is 1. The lowest BCUT2D eigenvalue weighted by Gasteiger charge is -2.34. The molecule has 0 bridgehead atoms. The minimum atomic E-state index is -0.578. The van der Waals surface area contributed by atoms with Crippen LogP contribution in [0, 0.1) is 0 Å². The normalized spacial score (nSPS) is 20.9. The number of aromatic hydroxyl groups is 1. The Bertz CT molecular complexity index is 1060. The minimum absolute atomic E-state index is 0.129. The molecule has 1 aliphatic rings. The van der Waals surface area contributed by atoms with Crippen molar-refractivity contribution >= 4 is 22.6 Å². The van der Waals surface area contributed by atoms with Crippen LogP contribution < -0.4 is 5.43 Å². The standard InChI is InChI=1S/C21H20ClNO4/c1-23-9-8-12(18(26)11-23)13-6-7-16(24)20-17(25)10-19(27-21(13)20)14-4-2-3-5-15(14)22/h2-7,10,12,18,24,26H,8-9,11H2,1H3/t12?,18-/m1/s1. The van der Waals surface area contributed by atoms with E-state index < -0.39 is 6.10 Å². The van der Waals surface area contributed by atoms with Crippen LogP contribution in [0.25, 0.3) is 22.3 Å². The number of β-amino-alcohol motifs (C(OH)–C–C–N with tert-alkyl or cyclic N) is 1. The first-order valence-corrected chi connectivity index (χ1v) is 9.24. The average Bonchev–Trinajstić information content (AvgIpc) is 2.63. The van der Waals surface area contributed by atoms with Crippen molar-refractivity contribution in [3.05, 3.63) is 63.3 Å². The molecule has 1 aromatic heterocycles. The summed E-state index contributed by atoms with van der Waals surface area (Å²) in [4.78, 5) is 14.8. The van der Waals surface area contributed by atoms with E-state index >= 15 is 0 Å². The highest BCUT2D eigenvalue weighted by Crippen LogP contribution is 2.37. The van der Waals surface area contributed by atoms with Crippen molar-refractivity contribution in [2.45, 2.75) is 18.4 Å². The summed E-state index contributed by atoms with van der Waals surface area (Å²) in [7, 11) is 1.96. The van der Waals surface area contributed by atoms with Gasteiger partial charge >= 0.3 is 0 Å². The number of aliphatic hydroxyl groups is 1. The van der Waals surface area contributed by atoms with Crippen molar-refractivity contribution in [3.63, 3.8) is 0 Å². The second-order valence-electron chi connectivity index (χ2n) is 7.06. The third-order valence-electron chi connectivity index (χ3n) is 5.21. The SMILES string of the molecule is CN1CCC(c2ccc(O)c3c(=O)cc(-c4ccccc4Cl)oc23)[C@H](O)C1. The van der Waals surface area contributed by atoms with Crippen molar-refractivity contribution in [2.75, 3.05) is 20.1 Å². The largest absolute Gasteiger partial charge is 0.507 e. The van der Waals surface area contributed by atoms with Gasteiger partial charge < -0.3 is 19.5 Å². The lowest BCUT2D eigenvalue weighted by Crippen LogP contribution is -2.40. The van der Waals surface area contributed by atoms with Crippen LogP contribution in [0.2, 0.25) is 5.02 Å². The molecule has 0 saturated carbocycles. The molecule has 1 fully saturated rings. The average molecular weight is 386 g/mol. The number of piperidine rings is 1. The fourth-order valence-electron chi connectivity index (χ4n) is 3.81. The lowest BCUT2D eigenvalue weighted by molar-refractivity contribution is 0.0639. The maximum atomic E-state index is 12.7. The number of likely N-dealkylation sites (N-methyl/N-ethyl adjacent to an activating group) is 1. The molecule has 3 aromatic rings. The monoisotopic (exact) mass is 385 g/mol. The van der Waals surface area contributed by atoms with Gasteiger partial charge in [0.1, 0.15) is 22.5 Å². The predicted octanol–water partition coefficient (Wildman–Crippen LogP) is 3.60. The molecule has 27 heavy (non-hydrogen) atoms. The molecule has 0 spiro atoms. The highest BCUT2D eigenvalue weighted by Gasteiger charge is 2.30. The van der Waals surface area contributed by atoms with Gasteiger partial charge in [-0.1, -0.05) is 29.8 Å². The molecule has 2 atom stereocenters. The van der Waals surface area contributed by atoms with Crippen LogP contribution in [0.3, 0.4) is 0 Å². The number of phenols is 1. The quantitative estimate of drug-likeness (QED) is 0.705. The molecule has 0 amide bonds. The number of likely N-dealkylation sites (tertiary alicyclic amines) is 1. The molecule has 1 unspecified atom stereocenters. The fraction of sp³-hybridized carbons (Fsp3) is 0.286. The van der Waals surface area contributed by atoms with E-state index in [9.17, 15) is 15.0 Å². The van der Waals surface area contributed by atoms with Gasteiger partial charge in [0, 0.05) is 29.7 Å². The fourth-order valence-corrected chi connectivity index (χ4v) is 4.03. The zero-order valence-electron chi connectivity index (χ0n) is 14.9. The summed E-state index contributed by atoms with van der Waals surface area (Å²) in [6, 6.07) is 11.7. The summed E-state index contributed by atoms with van der Waals surface area (Å²) in [5.74, 6) is 0.0388. The van der Waals surface area contributed by atoms with Crippen molar-refractivity contribution < 1.29 is 14.6 Å². The highest BCUT2D eigenvalue weighted by atomic mass is 35.5. The van der Waals surface area contributed by atoms with Crippen molar-refractivity contribution in [2.24, 2.45) is 0 Å². The number of rotatable bonds is 2. The van der Waals surface area contributed by atoms with Crippen LogP contribution in [-0.4, -0.2) is 41.4 Å². The molecule has 6 heteroatoms. The van der Waals surface area contributed by atoms with Gasteiger partial charge in [0.25, 0.3) is 0 Å². The Hall–Kier alpha value is -2.34. The van der Waals surface area contributed by atoms with Crippen LogP contribution in [0.1, 0.15) is 17.9 Å². The first-order valence-electron chi connectivity index (χ1n) is 8.87. The first-order chi connectivity index (χ1) is 13.0. The Morgan fingerprint density at radius 2 is 2.00 bits per heavy atom. The van der Waals surface area contributed by atoms with Gasteiger partial charge in [0.2, 0.25) is 0 Å². The van der Waals surface area contributed by atoms with E-state index in [0.29, 0.717) is 28.5 Å². The van der Waals surface area contributed by atoms with Gasteiger partial charge in [-0.05, 0) is 38.2 Å². The van der Waals surface area contributed by atoms with Crippen LogP contribution in [0.4, 0.5) is 0 Å². The zero-order valence-corrected chi connectivity index (χ0v) is 15.6. The number of nitrogens with zero attached hydrogens (tertiary/aromatic N) is 1. The molecule has 5 nitrogen and oxygen atoms in total. The molecule has 0 aliphatic carbocycles. The second kappa shape index (κ2) is 7.00. The van der Waals surface area contributed by atoms with Gasteiger partial charge in [0.15, 0.2) is 5.43 Å². The second-order valence-corrected chi connectivity index (χ2v) is 7.46. The van der Waals surface area contributed by atoms with E-state index in [2.05, 4.69) is 4.90 Å². The third-order valence-corrected chi connectivity index (χ3v) is 5.54. The lowest BCUT2D eigenvalue weighted by atomic mass is 9.86. The van der Waals surface area contributed by atoms with Crippen LogP contribution in [0.15, 0.2) is 51.7 Å². The molecule has 2 N–H and O–H groups in total. The van der Waals surface area contributed by atoms with E-state index in [1.165, 1.54) is 12.1 Å². The van der Waals surface area contributed by atoms with Gasteiger partial charge in [-0.25, -0.2) is 0 Å². The number of phenolic OH excluding ortho intramolecular Hbond substituents is 1. The van der Waals surface area contributed by atoms with Crippen LogP contribution in [-0.2, 0) is 0 Å². The molecule has 4 rings (SSSR count). The van der Waals surface area contributed by atoms with Crippen LogP contribution >= 0.6 is 11.6 Å². The summed E-state index contributed by atoms with van der Waals surface area (Å²) < 4.78 is 6.08. The summed E-state index contributed by atoms with van der Waals surface area (Å²) in [5.41, 5.74) is 1.31. The summed E-state index contributed by atoms with van der Waals surface area (Å²) >= 11 is 6.26.